The van der Waals surface area contributed by atoms with Crippen molar-refractivity contribution >= 4 is 15.9 Å². The summed E-state index contributed by atoms with van der Waals surface area (Å²) in [6, 6.07) is 3.87. The Hall–Kier alpha value is -1.40. The maximum absolute atomic E-state index is 12.6. The summed E-state index contributed by atoms with van der Waals surface area (Å²) in [6.45, 7) is 2.27. The van der Waals surface area contributed by atoms with Crippen molar-refractivity contribution in [2.45, 2.75) is 57.5 Å². The molecule has 2 aromatic rings. The number of rotatable bonds is 3. The number of nitrogens with one attached hydrogen (secondary N) is 1. The van der Waals surface area contributed by atoms with E-state index in [0.29, 0.717) is 12.5 Å². The van der Waals surface area contributed by atoms with Gasteiger partial charge in [0.2, 0.25) is 0 Å². The molecule has 0 saturated heterocycles. The number of fused-ring (bicyclic) bond motifs is 1. The molecule has 6 heteroatoms. The van der Waals surface area contributed by atoms with E-state index in [2.05, 4.69) is 25.8 Å². The normalized spacial score (nSPS) is 19.4. The van der Waals surface area contributed by atoms with Crippen LogP contribution in [-0.2, 0) is 19.5 Å². The molecule has 1 fully saturated rings. The van der Waals surface area contributed by atoms with Crippen LogP contribution in [0, 0.1) is 0 Å². The molecule has 2 aromatic heterocycles. The maximum atomic E-state index is 12.6. The lowest BCUT2D eigenvalue weighted by atomic mass is 9.88. The number of nitrogens with zero attached hydrogens (tertiary/aromatic N) is 2. The average molecular weight is 392 g/mol. The second-order valence-corrected chi connectivity index (χ2v) is 7.66. The maximum Gasteiger partial charge on any atom is 0.255 e. The van der Waals surface area contributed by atoms with E-state index in [0.717, 1.165) is 59.9 Å². The van der Waals surface area contributed by atoms with E-state index in [1.165, 1.54) is 19.3 Å². The van der Waals surface area contributed by atoms with E-state index in [9.17, 15) is 4.79 Å². The van der Waals surface area contributed by atoms with Gasteiger partial charge in [-0.25, -0.2) is 4.98 Å². The van der Waals surface area contributed by atoms with Crippen LogP contribution < -0.4 is 5.56 Å². The average Bonchev–Trinajstić information content (AvgIpc) is 3.01. The number of H-pyrrole nitrogens is 1. The van der Waals surface area contributed by atoms with Gasteiger partial charge in [0.1, 0.15) is 11.6 Å². The van der Waals surface area contributed by atoms with Gasteiger partial charge in [-0.1, -0.05) is 19.3 Å². The molecule has 0 amide bonds. The van der Waals surface area contributed by atoms with E-state index in [1.54, 1.807) is 0 Å². The van der Waals surface area contributed by atoms with Gasteiger partial charge in [0.25, 0.3) is 5.56 Å². The molecule has 128 valence electrons. The van der Waals surface area contributed by atoms with Crippen molar-refractivity contribution in [3.05, 3.63) is 50.0 Å². The van der Waals surface area contributed by atoms with Crippen molar-refractivity contribution in [1.29, 1.82) is 0 Å². The molecule has 1 saturated carbocycles. The number of hydrogen-bond acceptors (Lipinski definition) is 4. The lowest BCUT2D eigenvalue weighted by molar-refractivity contribution is 0.220. The van der Waals surface area contributed by atoms with Crippen molar-refractivity contribution in [1.82, 2.24) is 14.9 Å². The number of aromatic nitrogens is 2. The molecule has 1 aliphatic carbocycles. The Balaban J connectivity index is 1.52. The molecule has 0 radical (unpaired) electrons. The van der Waals surface area contributed by atoms with E-state index in [4.69, 9.17) is 9.40 Å². The van der Waals surface area contributed by atoms with Gasteiger partial charge in [-0.15, -0.1) is 0 Å². The molecular weight excluding hydrogens is 370 g/mol. The fraction of sp³-hybridized carbons (Fsp3) is 0.556. The first-order valence-electron chi connectivity index (χ1n) is 8.77. The van der Waals surface area contributed by atoms with Crippen LogP contribution in [0.1, 0.15) is 60.9 Å². The highest BCUT2D eigenvalue weighted by Gasteiger charge is 2.24. The zero-order chi connectivity index (χ0) is 16.5. The first-order valence-corrected chi connectivity index (χ1v) is 9.57. The van der Waals surface area contributed by atoms with Crippen molar-refractivity contribution in [3.8, 4) is 0 Å². The molecular formula is C18H22BrN3O2. The summed E-state index contributed by atoms with van der Waals surface area (Å²) in [5.74, 6) is 2.27. The lowest BCUT2D eigenvalue weighted by Gasteiger charge is -2.28. The number of halogens is 1. The SMILES string of the molecule is O=c1[nH]c(C2CCCCC2)nc2c1CN(Cc1ccc(Br)o1)CC2. The highest BCUT2D eigenvalue weighted by molar-refractivity contribution is 9.10. The van der Waals surface area contributed by atoms with Crippen LogP contribution in [0.4, 0.5) is 0 Å². The van der Waals surface area contributed by atoms with Crippen molar-refractivity contribution in [2.24, 2.45) is 0 Å². The smallest absolute Gasteiger partial charge is 0.255 e. The molecule has 1 N–H and O–H groups in total. The van der Waals surface area contributed by atoms with Crippen LogP contribution in [-0.4, -0.2) is 21.4 Å². The Kier molecular flexibility index (Phi) is 4.59. The van der Waals surface area contributed by atoms with Gasteiger partial charge in [-0.3, -0.25) is 9.69 Å². The molecule has 2 aliphatic rings. The Morgan fingerprint density at radius 1 is 1.29 bits per heavy atom. The minimum atomic E-state index is 0.0471. The van der Waals surface area contributed by atoms with Crippen molar-refractivity contribution in [3.63, 3.8) is 0 Å². The summed E-state index contributed by atoms with van der Waals surface area (Å²) in [5.41, 5.74) is 1.87. The van der Waals surface area contributed by atoms with Gasteiger partial charge >= 0.3 is 0 Å². The van der Waals surface area contributed by atoms with Gasteiger partial charge in [0, 0.05) is 25.4 Å². The van der Waals surface area contributed by atoms with Crippen LogP contribution in [0.5, 0.6) is 0 Å². The number of hydrogen-bond donors (Lipinski definition) is 1. The standard InChI is InChI=1S/C18H22BrN3O2/c19-16-7-6-13(24-16)10-22-9-8-15-14(11-22)18(23)21-17(20-15)12-4-2-1-3-5-12/h6-7,12H,1-5,8-11H2,(H,20,21,23). The molecule has 3 heterocycles. The predicted molar refractivity (Wildman–Crippen MR) is 94.9 cm³/mol. The number of aromatic amines is 1. The summed E-state index contributed by atoms with van der Waals surface area (Å²) in [6.07, 6.45) is 6.95. The zero-order valence-electron chi connectivity index (χ0n) is 13.7. The largest absolute Gasteiger partial charge is 0.453 e. The molecule has 0 unspecified atom stereocenters. The van der Waals surface area contributed by atoms with Crippen LogP contribution in [0.25, 0.3) is 0 Å². The zero-order valence-corrected chi connectivity index (χ0v) is 15.3. The van der Waals surface area contributed by atoms with E-state index >= 15 is 0 Å². The number of furan rings is 1. The summed E-state index contributed by atoms with van der Waals surface area (Å²) in [7, 11) is 0. The fourth-order valence-electron chi connectivity index (χ4n) is 3.86. The summed E-state index contributed by atoms with van der Waals surface area (Å²) >= 11 is 3.33. The molecule has 1 aliphatic heterocycles. The molecule has 5 nitrogen and oxygen atoms in total. The third kappa shape index (κ3) is 3.35. The minimum Gasteiger partial charge on any atom is -0.453 e. The van der Waals surface area contributed by atoms with Gasteiger partial charge in [0.05, 0.1) is 17.8 Å². The topological polar surface area (TPSA) is 62.1 Å². The Labute approximate surface area is 149 Å². The first kappa shape index (κ1) is 16.1. The van der Waals surface area contributed by atoms with Crippen LogP contribution in [0.15, 0.2) is 26.0 Å². The lowest BCUT2D eigenvalue weighted by Crippen LogP contribution is -2.36. The molecule has 4 rings (SSSR count). The van der Waals surface area contributed by atoms with E-state index in [-0.39, 0.29) is 5.56 Å². The summed E-state index contributed by atoms with van der Waals surface area (Å²) in [4.78, 5) is 22.7. The van der Waals surface area contributed by atoms with Crippen LogP contribution in [0.2, 0.25) is 0 Å². The molecule has 0 spiro atoms. The van der Waals surface area contributed by atoms with Crippen molar-refractivity contribution < 1.29 is 4.42 Å². The fourth-order valence-corrected chi connectivity index (χ4v) is 4.20. The monoisotopic (exact) mass is 391 g/mol. The molecule has 0 bridgehead atoms. The van der Waals surface area contributed by atoms with Gasteiger partial charge in [0.15, 0.2) is 4.67 Å². The summed E-state index contributed by atoms with van der Waals surface area (Å²) in [5, 5.41) is 0. The Bertz CT molecular complexity index is 777. The summed E-state index contributed by atoms with van der Waals surface area (Å²) < 4.78 is 6.32. The second kappa shape index (κ2) is 6.84. The predicted octanol–water partition coefficient (Wildman–Crippen LogP) is 3.73. The third-order valence-corrected chi connectivity index (χ3v) is 5.59. The third-order valence-electron chi connectivity index (χ3n) is 5.17. The Morgan fingerprint density at radius 3 is 2.88 bits per heavy atom. The molecule has 0 aromatic carbocycles. The first-order chi connectivity index (χ1) is 11.7. The quantitative estimate of drug-likeness (QED) is 0.865. The van der Waals surface area contributed by atoms with Crippen LogP contribution in [0.3, 0.4) is 0 Å². The van der Waals surface area contributed by atoms with Gasteiger partial charge in [-0.2, -0.15) is 0 Å². The minimum absolute atomic E-state index is 0.0471. The van der Waals surface area contributed by atoms with E-state index < -0.39 is 0 Å². The molecule has 24 heavy (non-hydrogen) atoms. The second-order valence-electron chi connectivity index (χ2n) is 6.88. The molecule has 0 atom stereocenters. The highest BCUT2D eigenvalue weighted by Crippen LogP contribution is 2.30. The van der Waals surface area contributed by atoms with Gasteiger partial charge < -0.3 is 9.40 Å². The van der Waals surface area contributed by atoms with Crippen LogP contribution >= 0.6 is 15.9 Å². The highest BCUT2D eigenvalue weighted by atomic mass is 79.9. The van der Waals surface area contributed by atoms with Gasteiger partial charge in [-0.05, 0) is 40.9 Å². The van der Waals surface area contributed by atoms with Crippen molar-refractivity contribution in [2.75, 3.05) is 6.54 Å². The van der Waals surface area contributed by atoms with E-state index in [1.807, 2.05) is 12.1 Å². The Morgan fingerprint density at radius 2 is 2.12 bits per heavy atom.